The molecule has 0 aliphatic carbocycles. The number of anilines is 2. The zero-order chi connectivity index (χ0) is 22.4. The highest BCUT2D eigenvalue weighted by molar-refractivity contribution is 6.03. The van der Waals surface area contributed by atoms with Gasteiger partial charge in [-0.1, -0.05) is 25.1 Å². The maximum absolute atomic E-state index is 12.8. The van der Waals surface area contributed by atoms with E-state index in [9.17, 15) is 9.59 Å². The highest BCUT2D eigenvalue weighted by Gasteiger charge is 2.34. The maximum atomic E-state index is 12.8. The molecule has 1 aliphatic heterocycles. The standard InChI is InChI=1S/C25H33N3O3/c1-5-22-25(30)28(21-16-19(4)11-12-23(21)31-22)17-24(29)26-13-8-14-27(6-2)20-10-7-9-18(3)15-20/h7,9-12,15-16,22H,5-6,8,13-14,17H2,1-4H3,(H,26,29)/t22-/m0/s1. The Morgan fingerprint density at radius 3 is 2.61 bits per heavy atom. The molecule has 1 aliphatic rings. The van der Waals surface area contributed by atoms with Crippen LogP contribution in [0.3, 0.4) is 0 Å². The zero-order valence-electron chi connectivity index (χ0n) is 19.0. The van der Waals surface area contributed by atoms with Crippen LogP contribution in [0.15, 0.2) is 42.5 Å². The minimum absolute atomic E-state index is 0.00448. The van der Waals surface area contributed by atoms with Crippen molar-refractivity contribution in [2.24, 2.45) is 0 Å². The van der Waals surface area contributed by atoms with Crippen LogP contribution in [0, 0.1) is 13.8 Å². The van der Waals surface area contributed by atoms with Crippen molar-refractivity contribution in [2.75, 3.05) is 36.0 Å². The molecule has 0 bridgehead atoms. The van der Waals surface area contributed by atoms with Gasteiger partial charge in [0.1, 0.15) is 12.3 Å². The van der Waals surface area contributed by atoms with Gasteiger partial charge in [0.05, 0.1) is 5.69 Å². The summed E-state index contributed by atoms with van der Waals surface area (Å²) in [5.74, 6) is 0.338. The van der Waals surface area contributed by atoms with Crippen molar-refractivity contribution < 1.29 is 14.3 Å². The molecule has 0 saturated carbocycles. The number of carbonyl (C=O) groups is 2. The van der Waals surface area contributed by atoms with E-state index in [0.29, 0.717) is 24.4 Å². The van der Waals surface area contributed by atoms with Crippen molar-refractivity contribution in [3.63, 3.8) is 0 Å². The molecular formula is C25H33N3O3. The summed E-state index contributed by atoms with van der Waals surface area (Å²) in [7, 11) is 0. The van der Waals surface area contributed by atoms with Crippen molar-refractivity contribution >= 4 is 23.2 Å². The molecule has 0 aromatic heterocycles. The van der Waals surface area contributed by atoms with Crippen LogP contribution in [0.1, 0.15) is 37.8 Å². The second-order valence-corrected chi connectivity index (χ2v) is 8.03. The van der Waals surface area contributed by atoms with E-state index in [1.165, 1.54) is 11.3 Å². The molecule has 0 spiro atoms. The lowest BCUT2D eigenvalue weighted by Crippen LogP contribution is -2.49. The van der Waals surface area contributed by atoms with Crippen LogP contribution >= 0.6 is 0 Å². The summed E-state index contributed by atoms with van der Waals surface area (Å²) < 4.78 is 5.82. The summed E-state index contributed by atoms with van der Waals surface area (Å²) in [5, 5.41) is 2.97. The molecule has 2 aromatic carbocycles. The van der Waals surface area contributed by atoms with E-state index in [2.05, 4.69) is 48.3 Å². The molecule has 0 unspecified atom stereocenters. The van der Waals surface area contributed by atoms with Crippen LogP contribution < -0.4 is 19.9 Å². The fraction of sp³-hybridized carbons (Fsp3) is 0.440. The maximum Gasteiger partial charge on any atom is 0.268 e. The number of rotatable bonds is 9. The summed E-state index contributed by atoms with van der Waals surface area (Å²) in [5.41, 5.74) is 4.12. The molecule has 1 atom stereocenters. The van der Waals surface area contributed by atoms with Crippen LogP contribution in [-0.2, 0) is 9.59 Å². The third-order valence-electron chi connectivity index (χ3n) is 5.56. The highest BCUT2D eigenvalue weighted by Crippen LogP contribution is 2.35. The second-order valence-electron chi connectivity index (χ2n) is 8.03. The molecule has 6 heteroatoms. The number of nitrogens with one attached hydrogen (secondary N) is 1. The molecule has 1 heterocycles. The van der Waals surface area contributed by atoms with E-state index in [0.717, 1.165) is 25.1 Å². The minimum atomic E-state index is -0.546. The van der Waals surface area contributed by atoms with Gasteiger partial charge in [-0.25, -0.2) is 0 Å². The van der Waals surface area contributed by atoms with Gasteiger partial charge in [-0.2, -0.15) is 0 Å². The second kappa shape index (κ2) is 10.3. The Morgan fingerprint density at radius 2 is 1.90 bits per heavy atom. The van der Waals surface area contributed by atoms with Gasteiger partial charge in [0.25, 0.3) is 5.91 Å². The fourth-order valence-electron chi connectivity index (χ4n) is 3.85. The molecule has 6 nitrogen and oxygen atoms in total. The van der Waals surface area contributed by atoms with Gasteiger partial charge < -0.3 is 15.0 Å². The number of carbonyl (C=O) groups excluding carboxylic acids is 2. The van der Waals surface area contributed by atoms with Crippen LogP contribution in [0.2, 0.25) is 0 Å². The van der Waals surface area contributed by atoms with Gasteiger partial charge in [-0.3, -0.25) is 14.5 Å². The minimum Gasteiger partial charge on any atom is -0.478 e. The third kappa shape index (κ3) is 5.57. The predicted molar refractivity (Wildman–Crippen MR) is 125 cm³/mol. The largest absolute Gasteiger partial charge is 0.478 e. The monoisotopic (exact) mass is 423 g/mol. The van der Waals surface area contributed by atoms with E-state index in [-0.39, 0.29) is 18.4 Å². The zero-order valence-corrected chi connectivity index (χ0v) is 19.0. The van der Waals surface area contributed by atoms with Gasteiger partial charge >= 0.3 is 0 Å². The van der Waals surface area contributed by atoms with Crippen LogP contribution in [0.4, 0.5) is 11.4 Å². The topological polar surface area (TPSA) is 61.9 Å². The van der Waals surface area contributed by atoms with Crippen LogP contribution in [0.25, 0.3) is 0 Å². The quantitative estimate of drug-likeness (QED) is 0.623. The number of nitrogens with zero attached hydrogens (tertiary/aromatic N) is 2. The summed E-state index contributed by atoms with van der Waals surface area (Å²) in [4.78, 5) is 29.3. The third-order valence-corrected chi connectivity index (χ3v) is 5.56. The Bertz CT molecular complexity index is 928. The normalized spacial score (nSPS) is 15.3. The van der Waals surface area contributed by atoms with E-state index in [1.54, 1.807) is 4.90 Å². The molecule has 166 valence electrons. The SMILES string of the molecule is CC[C@@H]1Oc2ccc(C)cc2N(CC(=O)NCCCN(CC)c2cccc(C)c2)C1=O. The predicted octanol–water partition coefficient (Wildman–Crippen LogP) is 3.84. The Morgan fingerprint density at radius 1 is 1.13 bits per heavy atom. The van der Waals surface area contributed by atoms with Gasteiger partial charge in [0.15, 0.2) is 6.10 Å². The first-order valence-electron chi connectivity index (χ1n) is 11.1. The Labute approximate surface area is 185 Å². The molecule has 1 N–H and O–H groups in total. The van der Waals surface area contributed by atoms with E-state index in [1.807, 2.05) is 32.0 Å². The van der Waals surface area contributed by atoms with Crippen LogP contribution in [0.5, 0.6) is 5.75 Å². The van der Waals surface area contributed by atoms with Crippen molar-refractivity contribution in [3.05, 3.63) is 53.6 Å². The first-order valence-corrected chi connectivity index (χ1v) is 11.1. The highest BCUT2D eigenvalue weighted by atomic mass is 16.5. The van der Waals surface area contributed by atoms with Gasteiger partial charge in [0.2, 0.25) is 5.91 Å². The van der Waals surface area contributed by atoms with E-state index in [4.69, 9.17) is 4.74 Å². The van der Waals surface area contributed by atoms with Crippen LogP contribution in [-0.4, -0.2) is 44.1 Å². The molecular weight excluding hydrogens is 390 g/mol. The Balaban J connectivity index is 1.55. The van der Waals surface area contributed by atoms with Gasteiger partial charge in [-0.05, 0) is 69.0 Å². The van der Waals surface area contributed by atoms with Gasteiger partial charge in [-0.15, -0.1) is 0 Å². The molecule has 0 saturated heterocycles. The molecule has 0 radical (unpaired) electrons. The first-order chi connectivity index (χ1) is 14.9. The lowest BCUT2D eigenvalue weighted by Gasteiger charge is -2.34. The number of hydrogen-bond acceptors (Lipinski definition) is 4. The number of aryl methyl sites for hydroxylation is 2. The Kier molecular flexibility index (Phi) is 7.55. The number of hydrogen-bond donors (Lipinski definition) is 1. The average molecular weight is 424 g/mol. The molecule has 2 amide bonds. The number of fused-ring (bicyclic) bond motifs is 1. The first kappa shape index (κ1) is 22.7. The fourth-order valence-corrected chi connectivity index (χ4v) is 3.85. The summed E-state index contributed by atoms with van der Waals surface area (Å²) in [6, 6.07) is 14.2. The van der Waals surface area contributed by atoms with Gasteiger partial charge in [0, 0.05) is 25.3 Å². The number of ether oxygens (including phenoxy) is 1. The molecule has 3 rings (SSSR count). The number of amides is 2. The number of benzene rings is 2. The summed E-state index contributed by atoms with van der Waals surface area (Å²) >= 11 is 0. The Hall–Kier alpha value is -3.02. The lowest BCUT2D eigenvalue weighted by molar-refractivity contribution is -0.129. The van der Waals surface area contributed by atoms with E-state index < -0.39 is 6.10 Å². The summed E-state index contributed by atoms with van der Waals surface area (Å²) in [6.45, 7) is 10.4. The van der Waals surface area contributed by atoms with Crippen molar-refractivity contribution in [2.45, 2.75) is 46.6 Å². The smallest absolute Gasteiger partial charge is 0.268 e. The lowest BCUT2D eigenvalue weighted by atomic mass is 10.1. The van der Waals surface area contributed by atoms with Crippen molar-refractivity contribution in [3.8, 4) is 5.75 Å². The molecule has 0 fully saturated rings. The van der Waals surface area contributed by atoms with Crippen molar-refractivity contribution in [1.29, 1.82) is 0 Å². The van der Waals surface area contributed by atoms with E-state index >= 15 is 0 Å². The molecule has 31 heavy (non-hydrogen) atoms. The average Bonchev–Trinajstić information content (AvgIpc) is 2.75. The summed E-state index contributed by atoms with van der Waals surface area (Å²) in [6.07, 6.45) is 0.851. The van der Waals surface area contributed by atoms with Crippen molar-refractivity contribution in [1.82, 2.24) is 5.32 Å². The molecule has 2 aromatic rings.